The Kier molecular flexibility index (Phi) is 3.97. The zero-order valence-electron chi connectivity index (χ0n) is 9.54. The smallest absolute Gasteiger partial charge is 0.220 e. The lowest BCUT2D eigenvalue weighted by atomic mass is 10.0. The third kappa shape index (κ3) is 3.36. The SMILES string of the molecule is O=C(CC1CCCC1)NCCc1ncc[nH]1. The van der Waals surface area contributed by atoms with E-state index in [9.17, 15) is 4.79 Å². The van der Waals surface area contributed by atoms with E-state index in [0.29, 0.717) is 18.9 Å². The number of H-pyrrole nitrogens is 1. The van der Waals surface area contributed by atoms with Gasteiger partial charge in [0.05, 0.1) is 0 Å². The molecule has 0 unspecified atom stereocenters. The van der Waals surface area contributed by atoms with Crippen molar-refractivity contribution in [2.24, 2.45) is 5.92 Å². The molecule has 88 valence electrons. The Hall–Kier alpha value is -1.32. The summed E-state index contributed by atoms with van der Waals surface area (Å²) in [5.41, 5.74) is 0. The number of nitrogens with one attached hydrogen (secondary N) is 2. The van der Waals surface area contributed by atoms with Crippen molar-refractivity contribution in [2.75, 3.05) is 6.54 Å². The average Bonchev–Trinajstić information content (AvgIpc) is 2.90. The third-order valence-corrected chi connectivity index (χ3v) is 3.19. The molecule has 2 N–H and O–H groups in total. The van der Waals surface area contributed by atoms with Gasteiger partial charge >= 0.3 is 0 Å². The van der Waals surface area contributed by atoms with Crippen molar-refractivity contribution in [2.45, 2.75) is 38.5 Å². The first-order chi connectivity index (χ1) is 7.84. The summed E-state index contributed by atoms with van der Waals surface area (Å²) in [6, 6.07) is 0. The first kappa shape index (κ1) is 11.2. The molecule has 1 aliphatic carbocycles. The number of imidazole rings is 1. The average molecular weight is 221 g/mol. The van der Waals surface area contributed by atoms with E-state index >= 15 is 0 Å². The molecule has 0 aromatic carbocycles. The summed E-state index contributed by atoms with van der Waals surface area (Å²) in [5.74, 6) is 1.75. The molecule has 1 aromatic rings. The van der Waals surface area contributed by atoms with Gasteiger partial charge in [-0.25, -0.2) is 4.98 Å². The summed E-state index contributed by atoms with van der Waals surface area (Å²) in [6.45, 7) is 0.680. The topological polar surface area (TPSA) is 57.8 Å². The van der Waals surface area contributed by atoms with Gasteiger partial charge in [0.25, 0.3) is 0 Å². The lowest BCUT2D eigenvalue weighted by Gasteiger charge is -2.08. The van der Waals surface area contributed by atoms with Gasteiger partial charge in [-0.2, -0.15) is 0 Å². The van der Waals surface area contributed by atoms with Gasteiger partial charge in [0.1, 0.15) is 5.82 Å². The highest BCUT2D eigenvalue weighted by molar-refractivity contribution is 5.76. The van der Waals surface area contributed by atoms with Crippen LogP contribution in [0.3, 0.4) is 0 Å². The summed E-state index contributed by atoms with van der Waals surface area (Å²) in [7, 11) is 0. The zero-order chi connectivity index (χ0) is 11.2. The highest BCUT2D eigenvalue weighted by Gasteiger charge is 2.17. The van der Waals surface area contributed by atoms with Gasteiger partial charge in [0.2, 0.25) is 5.91 Å². The first-order valence-electron chi connectivity index (χ1n) is 6.09. The molecule has 1 saturated carbocycles. The van der Waals surface area contributed by atoms with Crippen LogP contribution in [0.5, 0.6) is 0 Å². The maximum Gasteiger partial charge on any atom is 0.220 e. The van der Waals surface area contributed by atoms with Crippen LogP contribution >= 0.6 is 0 Å². The van der Waals surface area contributed by atoms with Crippen molar-refractivity contribution in [1.29, 1.82) is 0 Å². The molecule has 1 amide bonds. The van der Waals surface area contributed by atoms with Crippen LogP contribution in [0.25, 0.3) is 0 Å². The number of hydrogen-bond acceptors (Lipinski definition) is 2. The predicted molar refractivity (Wildman–Crippen MR) is 61.9 cm³/mol. The van der Waals surface area contributed by atoms with E-state index < -0.39 is 0 Å². The number of amides is 1. The second-order valence-corrected chi connectivity index (χ2v) is 4.49. The number of hydrogen-bond donors (Lipinski definition) is 2. The quantitative estimate of drug-likeness (QED) is 0.794. The van der Waals surface area contributed by atoms with Gasteiger partial charge in [0, 0.05) is 31.8 Å². The molecule has 2 rings (SSSR count). The van der Waals surface area contributed by atoms with E-state index in [2.05, 4.69) is 15.3 Å². The second-order valence-electron chi connectivity index (χ2n) is 4.49. The maximum atomic E-state index is 11.6. The normalized spacial score (nSPS) is 16.5. The van der Waals surface area contributed by atoms with Crippen molar-refractivity contribution in [3.63, 3.8) is 0 Å². The second kappa shape index (κ2) is 5.68. The van der Waals surface area contributed by atoms with Gasteiger partial charge in [-0.1, -0.05) is 12.8 Å². The molecule has 0 spiro atoms. The Bertz CT molecular complexity index is 315. The van der Waals surface area contributed by atoms with Crippen LogP contribution in [0.1, 0.15) is 37.9 Å². The molecule has 1 aliphatic rings. The number of rotatable bonds is 5. The van der Waals surface area contributed by atoms with Gasteiger partial charge in [-0.15, -0.1) is 0 Å². The van der Waals surface area contributed by atoms with E-state index in [4.69, 9.17) is 0 Å². The van der Waals surface area contributed by atoms with Crippen LogP contribution < -0.4 is 5.32 Å². The molecule has 0 bridgehead atoms. The number of aromatic amines is 1. The fraction of sp³-hybridized carbons (Fsp3) is 0.667. The van der Waals surface area contributed by atoms with Crippen LogP contribution in [0.4, 0.5) is 0 Å². The third-order valence-electron chi connectivity index (χ3n) is 3.19. The highest BCUT2D eigenvalue weighted by Crippen LogP contribution is 2.27. The van der Waals surface area contributed by atoms with E-state index in [-0.39, 0.29) is 5.91 Å². The largest absolute Gasteiger partial charge is 0.356 e. The molecule has 0 aliphatic heterocycles. The maximum absolute atomic E-state index is 11.6. The highest BCUT2D eigenvalue weighted by atomic mass is 16.1. The van der Waals surface area contributed by atoms with E-state index in [1.165, 1.54) is 25.7 Å². The van der Waals surface area contributed by atoms with Gasteiger partial charge < -0.3 is 10.3 Å². The van der Waals surface area contributed by atoms with Crippen LogP contribution in [0.2, 0.25) is 0 Å². The Balaban J connectivity index is 1.60. The molecule has 1 aromatic heterocycles. The van der Waals surface area contributed by atoms with Crippen molar-refractivity contribution in [3.8, 4) is 0 Å². The molecule has 0 atom stereocenters. The van der Waals surface area contributed by atoms with Crippen molar-refractivity contribution in [1.82, 2.24) is 15.3 Å². The van der Waals surface area contributed by atoms with Crippen LogP contribution in [0, 0.1) is 5.92 Å². The number of aromatic nitrogens is 2. The van der Waals surface area contributed by atoms with Crippen molar-refractivity contribution >= 4 is 5.91 Å². The molecule has 4 nitrogen and oxygen atoms in total. The molecule has 0 radical (unpaired) electrons. The van der Waals surface area contributed by atoms with E-state index in [1.807, 2.05) is 0 Å². The minimum absolute atomic E-state index is 0.193. The Morgan fingerprint density at radius 3 is 3.00 bits per heavy atom. The van der Waals surface area contributed by atoms with Crippen LogP contribution in [-0.4, -0.2) is 22.4 Å². The summed E-state index contributed by atoms with van der Waals surface area (Å²) in [4.78, 5) is 18.7. The minimum Gasteiger partial charge on any atom is -0.356 e. The summed E-state index contributed by atoms with van der Waals surface area (Å²) in [5, 5.41) is 2.95. The first-order valence-corrected chi connectivity index (χ1v) is 6.09. The number of carbonyl (C=O) groups excluding carboxylic acids is 1. The van der Waals surface area contributed by atoms with Gasteiger partial charge in [-0.05, 0) is 18.8 Å². The van der Waals surface area contributed by atoms with Crippen molar-refractivity contribution in [3.05, 3.63) is 18.2 Å². The summed E-state index contributed by atoms with van der Waals surface area (Å²) in [6.07, 6.45) is 10.1. The van der Waals surface area contributed by atoms with Crippen molar-refractivity contribution < 1.29 is 4.79 Å². The monoisotopic (exact) mass is 221 g/mol. The molecular weight excluding hydrogens is 202 g/mol. The van der Waals surface area contributed by atoms with E-state index in [0.717, 1.165) is 12.2 Å². The molecule has 4 heteroatoms. The lowest BCUT2D eigenvalue weighted by molar-refractivity contribution is -0.121. The number of nitrogens with zero attached hydrogens (tertiary/aromatic N) is 1. The predicted octanol–water partition coefficient (Wildman–Crippen LogP) is 1.65. The summed E-state index contributed by atoms with van der Waals surface area (Å²) < 4.78 is 0. The molecular formula is C12H19N3O. The van der Waals surface area contributed by atoms with Gasteiger partial charge in [0.15, 0.2) is 0 Å². The van der Waals surface area contributed by atoms with E-state index in [1.54, 1.807) is 12.4 Å². The lowest BCUT2D eigenvalue weighted by Crippen LogP contribution is -2.27. The summed E-state index contributed by atoms with van der Waals surface area (Å²) >= 11 is 0. The fourth-order valence-corrected chi connectivity index (χ4v) is 2.30. The Morgan fingerprint density at radius 1 is 1.50 bits per heavy atom. The van der Waals surface area contributed by atoms with Gasteiger partial charge in [-0.3, -0.25) is 4.79 Å². The Labute approximate surface area is 95.9 Å². The van der Waals surface area contributed by atoms with Crippen LogP contribution in [-0.2, 0) is 11.2 Å². The van der Waals surface area contributed by atoms with Crippen LogP contribution in [0.15, 0.2) is 12.4 Å². The molecule has 0 saturated heterocycles. The molecule has 1 heterocycles. The number of carbonyl (C=O) groups is 1. The fourth-order valence-electron chi connectivity index (χ4n) is 2.30. The molecule has 16 heavy (non-hydrogen) atoms. The Morgan fingerprint density at radius 2 is 2.31 bits per heavy atom. The minimum atomic E-state index is 0.193. The zero-order valence-corrected chi connectivity index (χ0v) is 9.54. The molecule has 1 fully saturated rings. The standard InChI is InChI=1S/C12H19N3O/c16-12(9-10-3-1-2-4-10)15-6-5-11-13-7-8-14-11/h7-8,10H,1-6,9H2,(H,13,14)(H,15,16).